The molecule has 23 heavy (non-hydrogen) atoms. The molecule has 1 amide bonds. The van der Waals surface area contributed by atoms with Gasteiger partial charge in [0, 0.05) is 6.42 Å². The molecule has 1 rings (SSSR count). The normalized spacial score (nSPS) is 12.3. The van der Waals surface area contributed by atoms with Crippen molar-refractivity contribution in [2.75, 3.05) is 14.2 Å². The standard InChI is InChI=1S/C17H25NO5/c1-11-7-8-12(10-14(11)21-5)9-13(15(19)22-6)18-16(20)23-17(2,3)4/h7-8,10,13H,9H2,1-6H3,(H,18,20)/t13-/m0/s1. The van der Waals surface area contributed by atoms with Crippen LogP contribution in [0, 0.1) is 6.92 Å². The van der Waals surface area contributed by atoms with E-state index in [4.69, 9.17) is 14.2 Å². The van der Waals surface area contributed by atoms with E-state index in [1.54, 1.807) is 27.9 Å². The summed E-state index contributed by atoms with van der Waals surface area (Å²) in [5.41, 5.74) is 1.20. The molecule has 0 fully saturated rings. The Morgan fingerprint density at radius 3 is 2.39 bits per heavy atom. The van der Waals surface area contributed by atoms with Crippen molar-refractivity contribution in [3.63, 3.8) is 0 Å². The van der Waals surface area contributed by atoms with Gasteiger partial charge in [-0.25, -0.2) is 9.59 Å². The lowest BCUT2D eigenvalue weighted by Gasteiger charge is -2.22. The molecular weight excluding hydrogens is 298 g/mol. The molecule has 0 bridgehead atoms. The number of hydrogen-bond donors (Lipinski definition) is 1. The monoisotopic (exact) mass is 323 g/mol. The predicted molar refractivity (Wildman–Crippen MR) is 86.6 cm³/mol. The number of nitrogens with one attached hydrogen (secondary N) is 1. The second kappa shape index (κ2) is 7.85. The van der Waals surface area contributed by atoms with Crippen LogP contribution in [-0.4, -0.2) is 37.9 Å². The Hall–Kier alpha value is -2.24. The third kappa shape index (κ3) is 6.18. The number of carbonyl (C=O) groups excluding carboxylic acids is 2. The van der Waals surface area contributed by atoms with Crippen LogP contribution in [0.25, 0.3) is 0 Å². The highest BCUT2D eigenvalue weighted by Crippen LogP contribution is 2.20. The van der Waals surface area contributed by atoms with Crippen molar-refractivity contribution in [1.29, 1.82) is 0 Å². The smallest absolute Gasteiger partial charge is 0.408 e. The van der Waals surface area contributed by atoms with Gasteiger partial charge in [0.15, 0.2) is 0 Å². The van der Waals surface area contributed by atoms with E-state index in [1.165, 1.54) is 7.11 Å². The van der Waals surface area contributed by atoms with Crippen molar-refractivity contribution in [3.8, 4) is 5.75 Å². The third-order valence-corrected chi connectivity index (χ3v) is 3.09. The van der Waals surface area contributed by atoms with Gasteiger partial charge in [-0.15, -0.1) is 0 Å². The SMILES string of the molecule is COC(=O)[C@H](Cc1ccc(C)c(OC)c1)NC(=O)OC(C)(C)C. The summed E-state index contributed by atoms with van der Waals surface area (Å²) < 4.78 is 15.2. The summed E-state index contributed by atoms with van der Waals surface area (Å²) in [6.45, 7) is 7.19. The molecule has 0 aliphatic rings. The highest BCUT2D eigenvalue weighted by Gasteiger charge is 2.25. The summed E-state index contributed by atoms with van der Waals surface area (Å²) in [5, 5.41) is 2.55. The van der Waals surface area contributed by atoms with E-state index in [1.807, 2.05) is 25.1 Å². The van der Waals surface area contributed by atoms with Crippen molar-refractivity contribution in [1.82, 2.24) is 5.32 Å². The molecule has 6 nitrogen and oxygen atoms in total. The quantitative estimate of drug-likeness (QED) is 0.843. The summed E-state index contributed by atoms with van der Waals surface area (Å²) >= 11 is 0. The molecular formula is C17H25NO5. The summed E-state index contributed by atoms with van der Waals surface area (Å²) in [7, 11) is 2.87. The average molecular weight is 323 g/mol. The van der Waals surface area contributed by atoms with Gasteiger partial charge in [-0.2, -0.15) is 0 Å². The Balaban J connectivity index is 2.87. The number of alkyl carbamates (subject to hydrolysis) is 1. The molecule has 0 aromatic heterocycles. The van der Waals surface area contributed by atoms with Gasteiger partial charge >= 0.3 is 12.1 Å². The van der Waals surface area contributed by atoms with Gasteiger partial charge in [-0.05, 0) is 44.9 Å². The van der Waals surface area contributed by atoms with Gasteiger partial charge in [0.2, 0.25) is 0 Å². The van der Waals surface area contributed by atoms with Crippen molar-refractivity contribution >= 4 is 12.1 Å². The zero-order valence-electron chi connectivity index (χ0n) is 14.6. The van der Waals surface area contributed by atoms with Crippen LogP contribution in [0.2, 0.25) is 0 Å². The van der Waals surface area contributed by atoms with Gasteiger partial charge in [-0.3, -0.25) is 0 Å². The summed E-state index contributed by atoms with van der Waals surface area (Å²) in [5.74, 6) is 0.193. The number of aryl methyl sites for hydroxylation is 1. The molecule has 1 N–H and O–H groups in total. The first kappa shape index (κ1) is 18.8. The lowest BCUT2D eigenvalue weighted by Crippen LogP contribution is -2.45. The summed E-state index contributed by atoms with van der Waals surface area (Å²) in [6.07, 6.45) is -0.380. The first-order chi connectivity index (χ1) is 10.7. The number of methoxy groups -OCH3 is 2. The van der Waals surface area contributed by atoms with Crippen LogP contribution in [0.15, 0.2) is 18.2 Å². The Morgan fingerprint density at radius 1 is 1.22 bits per heavy atom. The highest BCUT2D eigenvalue weighted by molar-refractivity contribution is 5.81. The number of esters is 1. The van der Waals surface area contributed by atoms with E-state index in [0.717, 1.165) is 16.9 Å². The number of hydrogen-bond acceptors (Lipinski definition) is 5. The first-order valence-electron chi connectivity index (χ1n) is 7.37. The Morgan fingerprint density at radius 2 is 1.87 bits per heavy atom. The molecule has 0 unspecified atom stereocenters. The topological polar surface area (TPSA) is 73.9 Å². The molecule has 1 atom stereocenters. The van der Waals surface area contributed by atoms with Crippen LogP contribution < -0.4 is 10.1 Å². The van der Waals surface area contributed by atoms with E-state index >= 15 is 0 Å². The second-order valence-corrected chi connectivity index (χ2v) is 6.23. The maximum Gasteiger partial charge on any atom is 0.408 e. The molecule has 0 heterocycles. The zero-order valence-corrected chi connectivity index (χ0v) is 14.6. The molecule has 0 saturated heterocycles. The van der Waals surface area contributed by atoms with E-state index in [0.29, 0.717) is 0 Å². The Labute approximate surface area is 137 Å². The van der Waals surface area contributed by atoms with Crippen LogP contribution in [0.1, 0.15) is 31.9 Å². The van der Waals surface area contributed by atoms with E-state index < -0.39 is 23.7 Å². The molecule has 1 aromatic carbocycles. The number of carbonyl (C=O) groups is 2. The minimum Gasteiger partial charge on any atom is -0.496 e. The summed E-state index contributed by atoms with van der Waals surface area (Å²) in [4.78, 5) is 23.8. The van der Waals surface area contributed by atoms with Crippen LogP contribution in [0.4, 0.5) is 4.79 Å². The zero-order chi connectivity index (χ0) is 17.6. The molecule has 0 spiro atoms. The largest absolute Gasteiger partial charge is 0.496 e. The minimum absolute atomic E-state index is 0.280. The van der Waals surface area contributed by atoms with Crippen molar-refractivity contribution in [3.05, 3.63) is 29.3 Å². The first-order valence-corrected chi connectivity index (χ1v) is 7.37. The van der Waals surface area contributed by atoms with Crippen molar-refractivity contribution in [2.24, 2.45) is 0 Å². The average Bonchev–Trinajstić information content (AvgIpc) is 2.45. The maximum absolute atomic E-state index is 11.9. The van der Waals surface area contributed by atoms with Crippen LogP contribution in [0.5, 0.6) is 5.75 Å². The number of benzene rings is 1. The van der Waals surface area contributed by atoms with E-state index in [9.17, 15) is 9.59 Å². The molecule has 0 aliphatic heterocycles. The molecule has 0 saturated carbocycles. The van der Waals surface area contributed by atoms with Crippen molar-refractivity contribution < 1.29 is 23.8 Å². The van der Waals surface area contributed by atoms with Crippen LogP contribution in [0.3, 0.4) is 0 Å². The third-order valence-electron chi connectivity index (χ3n) is 3.09. The van der Waals surface area contributed by atoms with Gasteiger partial charge in [0.05, 0.1) is 14.2 Å². The van der Waals surface area contributed by atoms with Gasteiger partial charge in [0.25, 0.3) is 0 Å². The fourth-order valence-electron chi connectivity index (χ4n) is 2.01. The Kier molecular flexibility index (Phi) is 6.42. The van der Waals surface area contributed by atoms with Gasteiger partial charge < -0.3 is 19.5 Å². The lowest BCUT2D eigenvalue weighted by molar-refractivity contribution is -0.143. The van der Waals surface area contributed by atoms with Crippen LogP contribution >= 0.6 is 0 Å². The van der Waals surface area contributed by atoms with Crippen molar-refractivity contribution in [2.45, 2.75) is 45.8 Å². The number of rotatable bonds is 5. The maximum atomic E-state index is 11.9. The number of amides is 1. The highest BCUT2D eigenvalue weighted by atomic mass is 16.6. The molecule has 1 aromatic rings. The van der Waals surface area contributed by atoms with E-state index in [2.05, 4.69) is 5.32 Å². The molecule has 0 aliphatic carbocycles. The Bertz CT molecular complexity index is 563. The predicted octanol–water partition coefficient (Wildman–Crippen LogP) is 2.61. The molecule has 0 radical (unpaired) electrons. The fourth-order valence-corrected chi connectivity index (χ4v) is 2.01. The van der Waals surface area contributed by atoms with Gasteiger partial charge in [-0.1, -0.05) is 12.1 Å². The second-order valence-electron chi connectivity index (χ2n) is 6.23. The van der Waals surface area contributed by atoms with E-state index in [-0.39, 0.29) is 6.42 Å². The minimum atomic E-state index is -0.831. The number of ether oxygens (including phenoxy) is 3. The fraction of sp³-hybridized carbons (Fsp3) is 0.529. The van der Waals surface area contributed by atoms with Gasteiger partial charge in [0.1, 0.15) is 17.4 Å². The van der Waals surface area contributed by atoms with Crippen LogP contribution in [-0.2, 0) is 20.7 Å². The lowest BCUT2D eigenvalue weighted by atomic mass is 10.0. The summed E-state index contributed by atoms with van der Waals surface area (Å²) in [6, 6.07) is 4.78. The molecule has 6 heteroatoms. The molecule has 128 valence electrons.